The molecular formula is C23H17FN8O2. The van der Waals surface area contributed by atoms with Crippen LogP contribution in [0.25, 0.3) is 28.2 Å². The molecule has 4 aromatic heterocycles. The van der Waals surface area contributed by atoms with Crippen LogP contribution in [0.4, 0.5) is 10.3 Å². The number of hydrogen-bond acceptors (Lipinski definition) is 9. The highest BCUT2D eigenvalue weighted by atomic mass is 19.1. The fourth-order valence-electron chi connectivity index (χ4n) is 3.70. The molecule has 0 atom stereocenters. The summed E-state index contributed by atoms with van der Waals surface area (Å²) in [5, 5.41) is 23.6. The molecule has 0 fully saturated rings. The molecule has 11 heteroatoms. The lowest BCUT2D eigenvalue weighted by Crippen LogP contribution is -2.06. The largest absolute Gasteiger partial charge is 0.440 e. The van der Waals surface area contributed by atoms with E-state index in [-0.39, 0.29) is 47.6 Å². The minimum absolute atomic E-state index is 0.0226. The highest BCUT2D eigenvalue weighted by molar-refractivity contribution is 5.89. The van der Waals surface area contributed by atoms with Gasteiger partial charge in [0.25, 0.3) is 0 Å². The summed E-state index contributed by atoms with van der Waals surface area (Å²) in [5.41, 5.74) is 8.73. The highest BCUT2D eigenvalue weighted by Crippen LogP contribution is 2.37. The Balaban J connectivity index is 1.79. The molecular weight excluding hydrogens is 439 g/mol. The number of aryl methyl sites for hydroxylation is 1. The molecule has 0 saturated carbocycles. The Morgan fingerprint density at radius 3 is 2.79 bits per heavy atom. The van der Waals surface area contributed by atoms with Crippen LogP contribution < -0.4 is 5.73 Å². The smallest absolute Gasteiger partial charge is 0.223 e. The summed E-state index contributed by atoms with van der Waals surface area (Å²) in [6.07, 6.45) is 1.51. The first-order valence-electron chi connectivity index (χ1n) is 10.2. The number of nitrogen functional groups attached to an aromatic ring is 1. The number of rotatable bonds is 5. The summed E-state index contributed by atoms with van der Waals surface area (Å²) in [6, 6.07) is 11.7. The van der Waals surface area contributed by atoms with E-state index in [1.807, 2.05) is 0 Å². The molecule has 3 N–H and O–H groups in total. The topological polar surface area (TPSA) is 152 Å². The van der Waals surface area contributed by atoms with E-state index in [1.54, 1.807) is 31.2 Å². The van der Waals surface area contributed by atoms with E-state index in [0.29, 0.717) is 28.3 Å². The van der Waals surface area contributed by atoms with Crippen molar-refractivity contribution in [2.45, 2.75) is 20.0 Å². The molecule has 5 rings (SSSR count). The first-order chi connectivity index (χ1) is 16.5. The molecule has 0 bridgehead atoms. The maximum Gasteiger partial charge on any atom is 0.223 e. The zero-order chi connectivity index (χ0) is 23.8. The van der Waals surface area contributed by atoms with Crippen molar-refractivity contribution in [3.63, 3.8) is 0 Å². The molecule has 0 aliphatic carbocycles. The Kier molecular flexibility index (Phi) is 5.19. The first kappa shape index (κ1) is 21.2. The molecule has 0 amide bonds. The number of benzene rings is 1. The van der Waals surface area contributed by atoms with Crippen LogP contribution >= 0.6 is 0 Å². The standard InChI is InChI=1S/C23H17FN8O2/c1-12-28-17(11-33)21(34-12)19-20(14-5-2-4-13(8-14)10-25)30-23(26)32-22(19)29-18(31-32)9-16-15(24)6-3-7-27-16/h2-8,33H,9,11H2,1H3,(H2,26,30). The molecule has 4 heterocycles. The molecule has 5 aromatic rings. The maximum atomic E-state index is 14.2. The van der Waals surface area contributed by atoms with Gasteiger partial charge in [0.05, 0.1) is 41.6 Å². The maximum absolute atomic E-state index is 14.2. The number of fused-ring (bicyclic) bond motifs is 1. The quantitative estimate of drug-likeness (QED) is 0.406. The van der Waals surface area contributed by atoms with Crippen LogP contribution in [0.2, 0.25) is 0 Å². The number of aliphatic hydroxyl groups excluding tert-OH is 1. The second-order valence-corrected chi connectivity index (χ2v) is 7.43. The number of pyridine rings is 1. The number of nitriles is 1. The van der Waals surface area contributed by atoms with Crippen LogP contribution in [-0.4, -0.2) is 34.7 Å². The van der Waals surface area contributed by atoms with Gasteiger partial charge in [-0.1, -0.05) is 12.1 Å². The average molecular weight is 456 g/mol. The molecule has 10 nitrogen and oxygen atoms in total. The second-order valence-electron chi connectivity index (χ2n) is 7.43. The van der Waals surface area contributed by atoms with Crippen LogP contribution in [0.5, 0.6) is 0 Å². The molecule has 34 heavy (non-hydrogen) atoms. The van der Waals surface area contributed by atoms with Gasteiger partial charge in [-0.25, -0.2) is 19.3 Å². The van der Waals surface area contributed by atoms with Crippen LogP contribution in [-0.2, 0) is 13.0 Å². The van der Waals surface area contributed by atoms with Crippen molar-refractivity contribution in [1.82, 2.24) is 29.5 Å². The third-order valence-corrected chi connectivity index (χ3v) is 5.16. The Bertz CT molecular complexity index is 1580. The van der Waals surface area contributed by atoms with Gasteiger partial charge in [-0.2, -0.15) is 9.78 Å². The van der Waals surface area contributed by atoms with Gasteiger partial charge >= 0.3 is 0 Å². The summed E-state index contributed by atoms with van der Waals surface area (Å²) in [6.45, 7) is 1.26. The fourth-order valence-corrected chi connectivity index (χ4v) is 3.70. The lowest BCUT2D eigenvalue weighted by Gasteiger charge is -2.11. The van der Waals surface area contributed by atoms with Gasteiger partial charge in [0.15, 0.2) is 23.1 Å². The molecule has 0 aliphatic heterocycles. The lowest BCUT2D eigenvalue weighted by molar-refractivity contribution is 0.277. The van der Waals surface area contributed by atoms with Gasteiger partial charge in [-0.15, -0.1) is 5.10 Å². The highest BCUT2D eigenvalue weighted by Gasteiger charge is 2.26. The van der Waals surface area contributed by atoms with E-state index in [4.69, 9.17) is 10.2 Å². The number of nitrogens with two attached hydrogens (primary N) is 1. The normalized spacial score (nSPS) is 11.1. The van der Waals surface area contributed by atoms with Crippen LogP contribution in [0.3, 0.4) is 0 Å². The van der Waals surface area contributed by atoms with Crippen LogP contribution in [0.15, 0.2) is 47.0 Å². The average Bonchev–Trinajstić information content (AvgIpc) is 3.44. The van der Waals surface area contributed by atoms with E-state index >= 15 is 0 Å². The molecule has 1 aromatic carbocycles. The first-order valence-corrected chi connectivity index (χ1v) is 10.2. The molecule has 0 spiro atoms. The van der Waals surface area contributed by atoms with Crippen molar-refractivity contribution in [2.24, 2.45) is 0 Å². The van der Waals surface area contributed by atoms with Crippen molar-refractivity contribution in [2.75, 3.05) is 5.73 Å². The summed E-state index contributed by atoms with van der Waals surface area (Å²) in [5.74, 6) is 0.393. The zero-order valence-electron chi connectivity index (χ0n) is 17.9. The van der Waals surface area contributed by atoms with Crippen molar-refractivity contribution >= 4 is 11.6 Å². The van der Waals surface area contributed by atoms with Gasteiger partial charge in [-0.3, -0.25) is 4.98 Å². The number of hydrogen-bond donors (Lipinski definition) is 2. The molecule has 0 aliphatic rings. The summed E-state index contributed by atoms with van der Waals surface area (Å²) in [7, 11) is 0. The van der Waals surface area contributed by atoms with E-state index in [0.717, 1.165) is 0 Å². The second kappa shape index (κ2) is 8.34. The van der Waals surface area contributed by atoms with Crippen LogP contribution in [0, 0.1) is 24.1 Å². The number of aliphatic hydroxyl groups is 1. The summed E-state index contributed by atoms with van der Waals surface area (Å²) in [4.78, 5) is 17.4. The van der Waals surface area contributed by atoms with Crippen molar-refractivity contribution in [1.29, 1.82) is 5.26 Å². The number of halogens is 1. The molecule has 168 valence electrons. The van der Waals surface area contributed by atoms with Gasteiger partial charge in [0.2, 0.25) is 5.95 Å². The third kappa shape index (κ3) is 3.62. The van der Waals surface area contributed by atoms with E-state index in [9.17, 15) is 14.8 Å². The van der Waals surface area contributed by atoms with E-state index < -0.39 is 5.82 Å². The van der Waals surface area contributed by atoms with Gasteiger partial charge in [0.1, 0.15) is 11.5 Å². The number of anilines is 1. The predicted octanol–water partition coefficient (Wildman–Crippen LogP) is 2.83. The SMILES string of the molecule is Cc1nc(CO)c(-c2c(-c3cccc(C#N)c3)nc(N)n3nc(Cc4ncccc4F)nc23)o1. The van der Waals surface area contributed by atoms with Gasteiger partial charge < -0.3 is 15.3 Å². The molecule has 0 radical (unpaired) electrons. The molecule has 0 unspecified atom stereocenters. The van der Waals surface area contributed by atoms with E-state index in [1.165, 1.54) is 22.8 Å². The summed E-state index contributed by atoms with van der Waals surface area (Å²) >= 11 is 0. The molecule has 0 saturated heterocycles. The van der Waals surface area contributed by atoms with Crippen LogP contribution in [0.1, 0.15) is 28.7 Å². The number of oxazole rings is 1. The fraction of sp³-hybridized carbons (Fsp3) is 0.130. The minimum atomic E-state index is -0.477. The van der Waals surface area contributed by atoms with Gasteiger partial charge in [-0.05, 0) is 24.3 Å². The third-order valence-electron chi connectivity index (χ3n) is 5.16. The van der Waals surface area contributed by atoms with Gasteiger partial charge in [0, 0.05) is 18.7 Å². The Morgan fingerprint density at radius 2 is 2.03 bits per heavy atom. The Labute approximate surface area is 192 Å². The number of aromatic nitrogens is 6. The predicted molar refractivity (Wildman–Crippen MR) is 119 cm³/mol. The van der Waals surface area contributed by atoms with E-state index in [2.05, 4.69) is 31.1 Å². The van der Waals surface area contributed by atoms with Crippen molar-refractivity contribution in [3.8, 4) is 28.7 Å². The lowest BCUT2D eigenvalue weighted by atomic mass is 10.0. The Morgan fingerprint density at radius 1 is 1.18 bits per heavy atom. The minimum Gasteiger partial charge on any atom is -0.440 e. The monoisotopic (exact) mass is 456 g/mol. The summed E-state index contributed by atoms with van der Waals surface area (Å²) < 4.78 is 21.3. The van der Waals surface area contributed by atoms with Crippen molar-refractivity contribution < 1.29 is 13.9 Å². The number of nitrogens with zero attached hydrogens (tertiary/aromatic N) is 7. The Hall–Kier alpha value is -4.69. The van der Waals surface area contributed by atoms with Crippen molar-refractivity contribution in [3.05, 3.63) is 77.1 Å². The zero-order valence-corrected chi connectivity index (χ0v) is 17.9.